The molecule has 580 valence electrons. The van der Waals surface area contributed by atoms with Crippen LogP contribution < -0.4 is 45.1 Å². The molecule has 53 heteroatoms. The zero-order chi connectivity index (χ0) is 76.0. The Morgan fingerprint density at radius 2 is 1.11 bits per heavy atom. The van der Waals surface area contributed by atoms with Gasteiger partial charge in [0.05, 0.1) is 83.0 Å². The molecule has 9 aromatic rings. The molecular formula is C55H67F2N23O24P4. The molecule has 6 saturated heterocycles. The van der Waals surface area contributed by atoms with Gasteiger partial charge in [-0.1, -0.05) is 32.0 Å². The predicted octanol–water partition coefficient (Wildman–Crippen LogP) is 2.69. The van der Waals surface area contributed by atoms with Gasteiger partial charge in [0, 0.05) is 24.3 Å². The van der Waals surface area contributed by atoms with E-state index in [9.17, 15) is 57.4 Å². The molecule has 1 aromatic carbocycles. The number of hydrogen-bond acceptors (Lipinski definition) is 36. The number of carbonyl (C=O) groups excluding carboxylic acids is 2. The number of halogens is 2. The summed E-state index contributed by atoms with van der Waals surface area (Å²) in [6, 6.07) is 10.2. The van der Waals surface area contributed by atoms with Crippen LogP contribution in [0.15, 0.2) is 77.9 Å². The van der Waals surface area contributed by atoms with Crippen molar-refractivity contribution in [2.45, 2.75) is 119 Å². The maximum absolute atomic E-state index is 16.5. The monoisotopic (exact) mass is 1600 g/mol. The minimum atomic E-state index is -5.09. The molecule has 0 saturated carbocycles. The lowest BCUT2D eigenvalue weighted by atomic mass is 10.1. The van der Waals surface area contributed by atoms with Crippen LogP contribution in [0.25, 0.3) is 44.7 Å². The summed E-state index contributed by atoms with van der Waals surface area (Å²) in [7, 11) is -18.4. The summed E-state index contributed by atoms with van der Waals surface area (Å²) < 4.78 is 164. The van der Waals surface area contributed by atoms with Crippen molar-refractivity contribution in [1.82, 2.24) is 84.2 Å². The highest BCUT2D eigenvalue weighted by Crippen LogP contribution is 2.58. The minimum Gasteiger partial charge on any atom is -0.382 e. The Labute approximate surface area is 603 Å². The number of phosphoric acid groups is 4. The van der Waals surface area contributed by atoms with E-state index in [1.54, 1.807) is 44.2 Å². The Balaban J connectivity index is 0.000000205. The summed E-state index contributed by atoms with van der Waals surface area (Å²) in [5.74, 6) is -1.89. The molecular weight excluding hydrogens is 1530 g/mol. The maximum atomic E-state index is 16.5. The fourth-order valence-corrected chi connectivity index (χ4v) is 16.1. The molecule has 14 heterocycles. The molecule has 2 amide bonds. The Morgan fingerprint density at radius 3 is 1.69 bits per heavy atom. The molecule has 16 N–H and O–H groups in total. The van der Waals surface area contributed by atoms with E-state index >= 15 is 8.78 Å². The maximum Gasteiger partial charge on any atom is 0.475 e. The van der Waals surface area contributed by atoms with Crippen LogP contribution in [0.4, 0.5) is 32.3 Å². The number of phosphoric ester groups is 4. The first kappa shape index (κ1) is 78.7. The Bertz CT molecular complexity index is 5190. The molecule has 0 spiro atoms. The number of nitriles is 1. The van der Waals surface area contributed by atoms with Crippen LogP contribution in [0, 0.1) is 17.2 Å². The van der Waals surface area contributed by atoms with E-state index in [2.05, 4.69) is 76.2 Å². The first-order chi connectivity index (χ1) is 51.1. The van der Waals surface area contributed by atoms with Crippen molar-refractivity contribution >= 4 is 111 Å². The van der Waals surface area contributed by atoms with Crippen molar-refractivity contribution in [2.24, 2.45) is 11.7 Å². The first-order valence-corrected chi connectivity index (χ1v) is 37.9. The van der Waals surface area contributed by atoms with Gasteiger partial charge in [0.15, 0.2) is 88.0 Å². The van der Waals surface area contributed by atoms with Crippen molar-refractivity contribution in [2.75, 3.05) is 62.2 Å². The zero-order valence-electron chi connectivity index (χ0n) is 56.3. The number of hydrogen-bond donors (Lipinski definition) is 11. The second-order valence-corrected chi connectivity index (χ2v) is 29.9. The topological polar surface area (TPSA) is 658 Å². The summed E-state index contributed by atoms with van der Waals surface area (Å²) in [5.41, 5.74) is 14.7. The number of anilines is 4. The molecule has 0 radical (unpaired) electrons. The molecule has 15 rings (SSSR count). The molecule has 6 aliphatic rings. The van der Waals surface area contributed by atoms with Crippen LogP contribution in [-0.2, 0) is 82.7 Å². The standard InChI is InChI=1S/C34H36FN11O13P2.C20H23FN10O11P2.CH5N.H3N/c1-17(2)29(47)43-34-42-28-24(31(49)44-34)40-16-46(28)33-25-22(35)21(57-33)13-54-60(50,51)58-20-11-19(12-55-61(52,59-25)53-10-6-9-36)56-32(20)45-15-39-23-26(37-14-38-27(23)45)41-30(48)18-7-4-3-5-8-18;21-10-9-3-38-43(33,34)41-8-1-7(39-18(8)30-5-26-11-14(22)24-4-25-15(11)30)2-37-44(35,36)42-13(10)19(40-9)31-6-27-12-16(31)28-20(23)29-17(12)32;1-2;/h3-5,7-8,14-17,19-22,25,32-33H,6,10-13H2,1-2H3,(H,50,51)(H,37,38,41,48)(H2,42,43,44,47,49);4-10,13,18-19H,1-3H2,(H,33,34)(H,35,36)(H2,22,24,25)(H3,23,28,29,32);2H2,1H3;1H3/t19-,20+,21+,22+,25+,32+,33+,61?;7-,8+,9+,10+,13+,18+,19+;;/m00../s1. The third kappa shape index (κ3) is 16.5. The van der Waals surface area contributed by atoms with E-state index in [1.807, 2.05) is 6.07 Å². The quantitative estimate of drug-likeness (QED) is 0.0655. The third-order valence-electron chi connectivity index (χ3n) is 16.7. The number of fused-ring (bicyclic) bond motifs is 12. The van der Waals surface area contributed by atoms with Crippen molar-refractivity contribution in [3.05, 3.63) is 94.6 Å². The van der Waals surface area contributed by atoms with E-state index in [-0.39, 0.29) is 93.6 Å². The molecule has 4 unspecified atom stereocenters. The highest BCUT2D eigenvalue weighted by molar-refractivity contribution is 7.48. The van der Waals surface area contributed by atoms with Gasteiger partial charge in [-0.05, 0) is 19.2 Å². The number of rotatable bonds is 11. The zero-order valence-corrected chi connectivity index (χ0v) is 59.9. The van der Waals surface area contributed by atoms with E-state index in [0.29, 0.717) is 5.56 Å². The van der Waals surface area contributed by atoms with E-state index in [0.717, 1.165) is 28.1 Å². The third-order valence-corrected chi connectivity index (χ3v) is 21.2. The van der Waals surface area contributed by atoms with Crippen LogP contribution in [0.3, 0.4) is 0 Å². The van der Waals surface area contributed by atoms with Gasteiger partial charge in [-0.3, -0.25) is 93.4 Å². The minimum absolute atomic E-state index is 0. The average Bonchev–Trinajstić information content (AvgIpc) is 1.62. The number of carbonyl (C=O) groups is 2. The fourth-order valence-electron chi connectivity index (χ4n) is 11.9. The van der Waals surface area contributed by atoms with Crippen molar-refractivity contribution < 1.29 is 111 Å². The highest BCUT2D eigenvalue weighted by atomic mass is 31.2. The lowest BCUT2D eigenvalue weighted by molar-refractivity contribution is -0.119. The van der Waals surface area contributed by atoms with Gasteiger partial charge in [-0.2, -0.15) is 15.2 Å². The summed E-state index contributed by atoms with van der Waals surface area (Å²) in [6.07, 6.45) is -15.5. The average molecular weight is 1600 g/mol. The summed E-state index contributed by atoms with van der Waals surface area (Å²) in [5, 5.41) is 14.3. The van der Waals surface area contributed by atoms with Gasteiger partial charge < -0.3 is 62.3 Å². The molecule has 6 fully saturated rings. The molecule has 8 aromatic heterocycles. The van der Waals surface area contributed by atoms with Crippen molar-refractivity contribution in [3.8, 4) is 6.07 Å². The summed E-state index contributed by atoms with van der Waals surface area (Å²) >= 11 is 0. The number of benzene rings is 1. The number of amides is 2. The number of aromatic nitrogens is 16. The van der Waals surface area contributed by atoms with Crippen LogP contribution in [0.5, 0.6) is 0 Å². The van der Waals surface area contributed by atoms with Crippen LogP contribution >= 0.6 is 31.3 Å². The number of nitrogens with one attached hydrogen (secondary N) is 4. The van der Waals surface area contributed by atoms with E-state index in [4.69, 9.17) is 71.1 Å². The van der Waals surface area contributed by atoms with E-state index in [1.165, 1.54) is 35.2 Å². The van der Waals surface area contributed by atoms with Gasteiger partial charge in [-0.25, -0.2) is 66.9 Å². The number of nitrogens with two attached hydrogens (primary N) is 3. The van der Waals surface area contributed by atoms with Gasteiger partial charge in [0.2, 0.25) is 17.8 Å². The number of nitrogen functional groups attached to an aromatic ring is 2. The number of alkyl halides is 2. The van der Waals surface area contributed by atoms with Gasteiger partial charge in [0.1, 0.15) is 54.8 Å². The normalized spacial score (nSPS) is 31.5. The molecule has 47 nitrogen and oxygen atoms in total. The van der Waals surface area contributed by atoms with Gasteiger partial charge in [0.25, 0.3) is 17.0 Å². The largest absolute Gasteiger partial charge is 0.475 e. The van der Waals surface area contributed by atoms with Crippen molar-refractivity contribution in [1.29, 1.82) is 5.26 Å². The second kappa shape index (κ2) is 32.0. The lowest BCUT2D eigenvalue weighted by Crippen LogP contribution is -2.33. The number of ether oxygens (including phenoxy) is 4. The van der Waals surface area contributed by atoms with Crippen LogP contribution in [0.1, 0.15) is 68.4 Å². The molecule has 18 atom stereocenters. The summed E-state index contributed by atoms with van der Waals surface area (Å²) in [6.45, 7) is -0.244. The van der Waals surface area contributed by atoms with Gasteiger partial charge in [-0.15, -0.1) is 0 Å². The molecule has 6 aliphatic heterocycles. The number of imidazole rings is 4. The van der Waals surface area contributed by atoms with Gasteiger partial charge >= 0.3 is 31.3 Å². The Morgan fingerprint density at radius 1 is 0.620 bits per heavy atom. The Hall–Kier alpha value is -8.89. The predicted molar refractivity (Wildman–Crippen MR) is 360 cm³/mol. The van der Waals surface area contributed by atoms with Crippen LogP contribution in [-0.4, -0.2) is 206 Å². The molecule has 108 heavy (non-hydrogen) atoms. The van der Waals surface area contributed by atoms with E-state index < -0.39 is 179 Å². The first-order valence-electron chi connectivity index (χ1n) is 32.0. The summed E-state index contributed by atoms with van der Waals surface area (Å²) in [4.78, 5) is 129. The molecule has 0 aliphatic carbocycles. The lowest BCUT2D eigenvalue weighted by Gasteiger charge is -2.26. The smallest absolute Gasteiger partial charge is 0.382 e. The fraction of sp³-hybridized carbons (Fsp3) is 0.473. The highest BCUT2D eigenvalue weighted by Gasteiger charge is 2.56. The van der Waals surface area contributed by atoms with Crippen molar-refractivity contribution in [3.63, 3.8) is 0 Å². The van der Waals surface area contributed by atoms with Crippen LogP contribution in [0.2, 0.25) is 0 Å². The number of aromatic amines is 2. The second-order valence-electron chi connectivity index (χ2n) is 24.1. The number of H-pyrrole nitrogens is 2. The SMILES string of the molecule is CC(C)C(=O)Nc1nc2c(ncn2[C@@H]2O[C@@H]3COP(=O)(O)O[C@@H]4C[C@@H](COP(=O)(OCCC#N)O[C@@H]2[C@@H]3F)O[C@H]4n2cnc3c(NC(=O)c4ccccc4)ncnc32)c(=O)[nH]1.CN.N.Nc1nc2c(ncn2[C@@H]2O[C@@H]3COP(=O)(O)O[C@@H]4C[C@@H](COP(=O)(O)O[C@@H]2[C@@H]3F)O[C@H]4n2cnc3c(N)ncnc32)c(=O)[nH]1. The molecule has 8 bridgehead atoms. The Kier molecular flexibility index (Phi) is 23.3. The number of nitrogens with zero attached hydrogens (tertiary/aromatic N) is 15.